The molecule has 2 aromatic rings. The number of aryl methyl sites for hydroxylation is 1. The molecule has 0 spiro atoms. The molecule has 4 rings (SSSR count). The maximum Gasteiger partial charge on any atom is 0.254 e. The van der Waals surface area contributed by atoms with Gasteiger partial charge in [-0.25, -0.2) is 8.42 Å². The molecule has 1 saturated heterocycles. The smallest absolute Gasteiger partial charge is 0.254 e. The van der Waals surface area contributed by atoms with Gasteiger partial charge in [0.2, 0.25) is 15.9 Å². The summed E-state index contributed by atoms with van der Waals surface area (Å²) < 4.78 is 26.7. The topological polar surface area (TPSA) is 86.8 Å². The number of nitrogens with one attached hydrogen (secondary N) is 1. The fraction of sp³-hybridized carbons (Fsp3) is 0.364. The van der Waals surface area contributed by atoms with Gasteiger partial charge in [0, 0.05) is 25.7 Å². The number of benzene rings is 2. The van der Waals surface area contributed by atoms with Gasteiger partial charge in [0.25, 0.3) is 5.91 Å². The minimum absolute atomic E-state index is 0.0118. The van der Waals surface area contributed by atoms with Gasteiger partial charge in [-0.3, -0.25) is 9.59 Å². The van der Waals surface area contributed by atoms with Gasteiger partial charge in [-0.05, 0) is 54.7 Å². The average Bonchev–Trinajstić information content (AvgIpc) is 2.78. The average molecular weight is 428 g/mol. The monoisotopic (exact) mass is 427 g/mol. The van der Waals surface area contributed by atoms with E-state index in [1.807, 2.05) is 12.1 Å². The Morgan fingerprint density at radius 2 is 1.87 bits per heavy atom. The zero-order valence-electron chi connectivity index (χ0n) is 16.9. The predicted molar refractivity (Wildman–Crippen MR) is 112 cm³/mol. The molecule has 0 radical (unpaired) electrons. The molecule has 30 heavy (non-hydrogen) atoms. The minimum atomic E-state index is -3.77. The van der Waals surface area contributed by atoms with E-state index in [2.05, 4.69) is 17.4 Å². The summed E-state index contributed by atoms with van der Waals surface area (Å²) >= 11 is 0. The largest absolute Gasteiger partial charge is 0.354 e. The van der Waals surface area contributed by atoms with Crippen molar-refractivity contribution in [2.45, 2.75) is 30.2 Å². The molecule has 7 nitrogen and oxygen atoms in total. The molecule has 1 unspecified atom stereocenters. The number of amides is 2. The van der Waals surface area contributed by atoms with Gasteiger partial charge in [-0.15, -0.1) is 0 Å². The number of carbonyl (C=O) groups is 2. The Labute approximate surface area is 176 Å². The van der Waals surface area contributed by atoms with E-state index in [0.29, 0.717) is 12.1 Å². The van der Waals surface area contributed by atoms with Crippen molar-refractivity contribution in [3.8, 4) is 0 Å². The van der Waals surface area contributed by atoms with Crippen LogP contribution in [0.4, 0.5) is 0 Å². The predicted octanol–water partition coefficient (Wildman–Crippen LogP) is 1.96. The third-order valence-electron chi connectivity index (χ3n) is 5.87. The first-order chi connectivity index (χ1) is 14.4. The molecule has 1 atom stereocenters. The van der Waals surface area contributed by atoms with Crippen LogP contribution in [0.3, 0.4) is 0 Å². The van der Waals surface area contributed by atoms with Crippen molar-refractivity contribution in [1.82, 2.24) is 14.5 Å². The number of sulfonamides is 1. The Morgan fingerprint density at radius 3 is 2.60 bits per heavy atom. The molecule has 8 heteroatoms. The van der Waals surface area contributed by atoms with Crippen LogP contribution in [-0.4, -0.2) is 56.1 Å². The number of piperazine rings is 1. The summed E-state index contributed by atoms with van der Waals surface area (Å²) in [6, 6.07) is 14.2. The lowest BCUT2D eigenvalue weighted by atomic mass is 9.87. The first-order valence-corrected chi connectivity index (χ1v) is 11.5. The highest BCUT2D eigenvalue weighted by Crippen LogP contribution is 2.34. The molecule has 158 valence electrons. The quantitative estimate of drug-likeness (QED) is 0.808. The number of hydrogen-bond acceptors (Lipinski definition) is 4. The Bertz CT molecular complexity index is 1070. The Balaban J connectivity index is 1.53. The second kappa shape index (κ2) is 8.20. The molecule has 2 aliphatic rings. The van der Waals surface area contributed by atoms with Crippen LogP contribution in [0.15, 0.2) is 53.4 Å². The molecule has 0 bridgehead atoms. The standard InChI is InChI=1S/C22H25N3O4S/c1-24(20-8-4-6-16-5-2-3-7-19(16)20)22(27)17-9-11-18(12-10-17)30(28,29)25-14-13-23-21(26)15-25/h2-3,5,7,9-12,20H,4,6,8,13-15H2,1H3,(H,23,26). The van der Waals surface area contributed by atoms with E-state index in [-0.39, 0.29) is 35.8 Å². The highest BCUT2D eigenvalue weighted by molar-refractivity contribution is 7.89. The van der Waals surface area contributed by atoms with Crippen LogP contribution in [0.5, 0.6) is 0 Å². The van der Waals surface area contributed by atoms with Gasteiger partial charge in [-0.1, -0.05) is 24.3 Å². The van der Waals surface area contributed by atoms with E-state index in [1.165, 1.54) is 23.3 Å². The van der Waals surface area contributed by atoms with Crippen LogP contribution in [0.25, 0.3) is 0 Å². The summed E-state index contributed by atoms with van der Waals surface area (Å²) in [7, 11) is -1.97. The Hall–Kier alpha value is -2.71. The zero-order valence-corrected chi connectivity index (χ0v) is 17.7. The summed E-state index contributed by atoms with van der Waals surface area (Å²) in [5, 5.41) is 2.62. The van der Waals surface area contributed by atoms with Gasteiger partial charge in [0.05, 0.1) is 17.5 Å². The van der Waals surface area contributed by atoms with Crippen LogP contribution >= 0.6 is 0 Å². The van der Waals surface area contributed by atoms with Crippen molar-refractivity contribution in [2.24, 2.45) is 0 Å². The summed E-state index contributed by atoms with van der Waals surface area (Å²) in [5.41, 5.74) is 2.90. The summed E-state index contributed by atoms with van der Waals surface area (Å²) in [6.45, 7) is 0.341. The van der Waals surface area contributed by atoms with Gasteiger partial charge >= 0.3 is 0 Å². The molecular weight excluding hydrogens is 402 g/mol. The van der Waals surface area contributed by atoms with Crippen LogP contribution in [0, 0.1) is 0 Å². The van der Waals surface area contributed by atoms with Crippen LogP contribution < -0.4 is 5.32 Å². The molecule has 0 saturated carbocycles. The van der Waals surface area contributed by atoms with Crippen molar-refractivity contribution in [3.63, 3.8) is 0 Å². The van der Waals surface area contributed by atoms with Crippen molar-refractivity contribution in [3.05, 3.63) is 65.2 Å². The van der Waals surface area contributed by atoms with Crippen LogP contribution in [-0.2, 0) is 21.2 Å². The van der Waals surface area contributed by atoms with E-state index in [0.717, 1.165) is 23.6 Å². The minimum Gasteiger partial charge on any atom is -0.354 e. The number of fused-ring (bicyclic) bond motifs is 1. The molecule has 1 heterocycles. The lowest BCUT2D eigenvalue weighted by molar-refractivity contribution is -0.122. The molecule has 0 aromatic heterocycles. The van der Waals surface area contributed by atoms with Crippen LogP contribution in [0.1, 0.15) is 40.4 Å². The van der Waals surface area contributed by atoms with E-state index in [1.54, 1.807) is 24.1 Å². The van der Waals surface area contributed by atoms with E-state index < -0.39 is 10.0 Å². The lowest BCUT2D eigenvalue weighted by Gasteiger charge is -2.33. The van der Waals surface area contributed by atoms with Crippen molar-refractivity contribution >= 4 is 21.8 Å². The Kier molecular flexibility index (Phi) is 5.62. The third kappa shape index (κ3) is 3.85. The van der Waals surface area contributed by atoms with E-state index in [9.17, 15) is 18.0 Å². The van der Waals surface area contributed by atoms with Gasteiger partial charge in [0.15, 0.2) is 0 Å². The lowest BCUT2D eigenvalue weighted by Crippen LogP contribution is -2.49. The fourth-order valence-corrected chi connectivity index (χ4v) is 5.61. The summed E-state index contributed by atoms with van der Waals surface area (Å²) in [6.07, 6.45) is 2.96. The number of nitrogens with zero attached hydrogens (tertiary/aromatic N) is 2. The second-order valence-electron chi connectivity index (χ2n) is 7.74. The molecule has 1 fully saturated rings. The molecular formula is C22H25N3O4S. The molecule has 2 amide bonds. The molecule has 2 aromatic carbocycles. The first-order valence-electron chi connectivity index (χ1n) is 10.1. The summed E-state index contributed by atoms with van der Waals surface area (Å²) in [5.74, 6) is -0.455. The highest BCUT2D eigenvalue weighted by Gasteiger charge is 2.30. The number of hydrogen-bond donors (Lipinski definition) is 1. The SMILES string of the molecule is CN(C(=O)c1ccc(S(=O)(=O)N2CCNC(=O)C2)cc1)C1CCCc2ccccc21. The van der Waals surface area contributed by atoms with Gasteiger partial charge in [0.1, 0.15) is 0 Å². The maximum atomic E-state index is 13.1. The fourth-order valence-electron chi connectivity index (χ4n) is 4.21. The maximum absolute atomic E-state index is 13.1. The molecule has 1 N–H and O–H groups in total. The first kappa shape index (κ1) is 20.6. The van der Waals surface area contributed by atoms with Crippen LogP contribution in [0.2, 0.25) is 0 Å². The second-order valence-corrected chi connectivity index (χ2v) is 9.67. The zero-order chi connectivity index (χ0) is 21.3. The van der Waals surface area contributed by atoms with Gasteiger partial charge < -0.3 is 10.2 Å². The third-order valence-corrected chi connectivity index (χ3v) is 7.73. The van der Waals surface area contributed by atoms with Gasteiger partial charge in [-0.2, -0.15) is 4.31 Å². The normalized spacial score (nSPS) is 19.6. The van der Waals surface area contributed by atoms with Crippen molar-refractivity contribution in [2.75, 3.05) is 26.7 Å². The summed E-state index contributed by atoms with van der Waals surface area (Å²) in [4.78, 5) is 26.4. The van der Waals surface area contributed by atoms with E-state index in [4.69, 9.17) is 0 Å². The Morgan fingerprint density at radius 1 is 1.13 bits per heavy atom. The molecule has 1 aliphatic carbocycles. The van der Waals surface area contributed by atoms with E-state index >= 15 is 0 Å². The number of carbonyl (C=O) groups excluding carboxylic acids is 2. The van der Waals surface area contributed by atoms with Crippen molar-refractivity contribution in [1.29, 1.82) is 0 Å². The highest BCUT2D eigenvalue weighted by atomic mass is 32.2. The molecule has 1 aliphatic heterocycles. The van der Waals surface area contributed by atoms with Crippen molar-refractivity contribution < 1.29 is 18.0 Å². The number of rotatable bonds is 4.